The van der Waals surface area contributed by atoms with E-state index in [9.17, 15) is 14.7 Å². The zero-order chi connectivity index (χ0) is 23.4. The zero-order valence-electron chi connectivity index (χ0n) is 19.2. The molecule has 1 amide bonds. The number of likely N-dealkylation sites (tertiary alicyclic amines) is 1. The molecule has 0 aliphatic carbocycles. The van der Waals surface area contributed by atoms with E-state index in [0.29, 0.717) is 35.6 Å². The van der Waals surface area contributed by atoms with Gasteiger partial charge in [0.2, 0.25) is 0 Å². The summed E-state index contributed by atoms with van der Waals surface area (Å²) in [6.07, 6.45) is 0.689. The molecule has 0 saturated carbocycles. The normalized spacial score (nSPS) is 17.8. The van der Waals surface area contributed by atoms with Gasteiger partial charge in [-0.15, -0.1) is 0 Å². The topological polar surface area (TPSA) is 79.3 Å². The molecule has 32 heavy (non-hydrogen) atoms. The number of aliphatic hydroxyl groups is 1. The third-order valence-electron chi connectivity index (χ3n) is 5.59. The van der Waals surface area contributed by atoms with Gasteiger partial charge in [-0.2, -0.15) is 0 Å². The number of aryl methyl sites for hydroxylation is 1. The maximum Gasteiger partial charge on any atom is 0.295 e. The van der Waals surface area contributed by atoms with Crippen LogP contribution in [-0.4, -0.2) is 68.0 Å². The van der Waals surface area contributed by atoms with Crippen LogP contribution < -0.4 is 9.47 Å². The molecular formula is C25H30N2O5. The van der Waals surface area contributed by atoms with E-state index in [2.05, 4.69) is 0 Å². The Kier molecular flexibility index (Phi) is 7.20. The number of ether oxygens (including phenoxy) is 2. The molecule has 3 rings (SSSR count). The van der Waals surface area contributed by atoms with Gasteiger partial charge in [-0.05, 0) is 51.7 Å². The van der Waals surface area contributed by atoms with Gasteiger partial charge < -0.3 is 24.4 Å². The number of aliphatic hydroxyl groups excluding tert-OH is 1. The number of Topliss-reactive ketones (excluding diaryl/α,β-unsaturated/α-hetero) is 1. The second-order valence-corrected chi connectivity index (χ2v) is 8.13. The second kappa shape index (κ2) is 9.87. The molecule has 2 aromatic carbocycles. The van der Waals surface area contributed by atoms with Crippen molar-refractivity contribution in [3.8, 4) is 11.5 Å². The van der Waals surface area contributed by atoms with Crippen molar-refractivity contribution in [1.82, 2.24) is 9.80 Å². The van der Waals surface area contributed by atoms with E-state index in [1.165, 1.54) is 12.0 Å². The smallest absolute Gasteiger partial charge is 0.295 e. The number of benzene rings is 2. The van der Waals surface area contributed by atoms with Crippen LogP contribution in [-0.2, 0) is 9.59 Å². The van der Waals surface area contributed by atoms with Crippen molar-refractivity contribution in [1.29, 1.82) is 0 Å². The molecule has 0 aromatic heterocycles. The maximum absolute atomic E-state index is 13.1. The molecule has 170 valence electrons. The van der Waals surface area contributed by atoms with Gasteiger partial charge >= 0.3 is 0 Å². The minimum absolute atomic E-state index is 0.0796. The summed E-state index contributed by atoms with van der Waals surface area (Å²) in [5, 5.41) is 11.1. The highest BCUT2D eigenvalue weighted by molar-refractivity contribution is 6.46. The molecule has 1 fully saturated rings. The summed E-state index contributed by atoms with van der Waals surface area (Å²) in [7, 11) is 6.98. The van der Waals surface area contributed by atoms with Crippen molar-refractivity contribution in [2.75, 3.05) is 41.4 Å². The van der Waals surface area contributed by atoms with E-state index in [0.717, 1.165) is 12.1 Å². The molecule has 1 atom stereocenters. The predicted octanol–water partition coefficient (Wildman–Crippen LogP) is 3.39. The van der Waals surface area contributed by atoms with Gasteiger partial charge in [-0.1, -0.05) is 35.9 Å². The molecule has 7 heteroatoms. The van der Waals surface area contributed by atoms with Crippen LogP contribution in [0.25, 0.3) is 5.76 Å². The molecular weight excluding hydrogens is 408 g/mol. The third kappa shape index (κ3) is 4.62. The van der Waals surface area contributed by atoms with Crippen LogP contribution in [0.3, 0.4) is 0 Å². The fraction of sp³-hybridized carbons (Fsp3) is 0.360. The molecule has 0 unspecified atom stereocenters. The lowest BCUT2D eigenvalue weighted by Crippen LogP contribution is -2.32. The molecule has 1 heterocycles. The van der Waals surface area contributed by atoms with E-state index in [1.807, 2.05) is 38.1 Å². The number of hydrogen-bond donors (Lipinski definition) is 1. The first-order valence-corrected chi connectivity index (χ1v) is 10.5. The lowest BCUT2D eigenvalue weighted by molar-refractivity contribution is -0.139. The summed E-state index contributed by atoms with van der Waals surface area (Å²) in [6, 6.07) is 11.8. The quantitative estimate of drug-likeness (QED) is 0.387. The maximum atomic E-state index is 13.1. The van der Waals surface area contributed by atoms with Gasteiger partial charge in [-0.25, -0.2) is 0 Å². The summed E-state index contributed by atoms with van der Waals surface area (Å²) in [5.41, 5.74) is 2.27. The lowest BCUT2D eigenvalue weighted by Gasteiger charge is -2.26. The Morgan fingerprint density at radius 1 is 1.03 bits per heavy atom. The SMILES string of the molecule is COc1ccc([C@@H]2C(=C(O)c3ccc(C)cc3)C(=O)C(=O)N2CCCN(C)C)cc1OC. The number of carbonyl (C=O) groups is 2. The Labute approximate surface area is 188 Å². The molecule has 0 radical (unpaired) electrons. The Morgan fingerprint density at radius 3 is 2.28 bits per heavy atom. The number of amides is 1. The van der Waals surface area contributed by atoms with Gasteiger partial charge in [0.15, 0.2) is 11.5 Å². The molecule has 1 N–H and O–H groups in total. The number of rotatable bonds is 8. The average molecular weight is 439 g/mol. The van der Waals surface area contributed by atoms with Crippen molar-refractivity contribution in [3.05, 3.63) is 64.7 Å². The molecule has 1 aliphatic rings. The van der Waals surface area contributed by atoms with Gasteiger partial charge in [0, 0.05) is 12.1 Å². The van der Waals surface area contributed by atoms with Crippen molar-refractivity contribution < 1.29 is 24.2 Å². The van der Waals surface area contributed by atoms with E-state index in [4.69, 9.17) is 9.47 Å². The highest BCUT2D eigenvalue weighted by Crippen LogP contribution is 2.42. The molecule has 0 spiro atoms. The van der Waals surface area contributed by atoms with Gasteiger partial charge in [-0.3, -0.25) is 9.59 Å². The fourth-order valence-corrected chi connectivity index (χ4v) is 3.90. The second-order valence-electron chi connectivity index (χ2n) is 8.13. The van der Waals surface area contributed by atoms with Crippen LogP contribution in [0.1, 0.15) is 29.2 Å². The Balaban J connectivity index is 2.13. The number of nitrogens with zero attached hydrogens (tertiary/aromatic N) is 2. The molecule has 2 aromatic rings. The molecule has 1 aliphatic heterocycles. The average Bonchev–Trinajstić information content (AvgIpc) is 3.03. The van der Waals surface area contributed by atoms with Crippen LogP contribution in [0, 0.1) is 6.92 Å². The Bertz CT molecular complexity index is 1030. The van der Waals surface area contributed by atoms with E-state index >= 15 is 0 Å². The number of ketones is 1. The monoisotopic (exact) mass is 438 g/mol. The summed E-state index contributed by atoms with van der Waals surface area (Å²) >= 11 is 0. The van der Waals surface area contributed by atoms with Crippen molar-refractivity contribution in [3.63, 3.8) is 0 Å². The first-order valence-electron chi connectivity index (χ1n) is 10.5. The lowest BCUT2D eigenvalue weighted by atomic mass is 9.94. The van der Waals surface area contributed by atoms with Gasteiger partial charge in [0.25, 0.3) is 11.7 Å². The van der Waals surface area contributed by atoms with Crippen LogP contribution in [0.4, 0.5) is 0 Å². The first kappa shape index (κ1) is 23.3. The fourth-order valence-electron chi connectivity index (χ4n) is 3.90. The van der Waals surface area contributed by atoms with Crippen LogP contribution >= 0.6 is 0 Å². The summed E-state index contributed by atoms with van der Waals surface area (Å²) in [5.74, 6) is -0.457. The van der Waals surface area contributed by atoms with Crippen LogP contribution in [0.5, 0.6) is 11.5 Å². The standard InChI is InChI=1S/C25H30N2O5/c1-16-7-9-17(10-8-16)23(28)21-22(18-11-12-19(31-4)20(15-18)32-5)27(25(30)24(21)29)14-6-13-26(2)3/h7-12,15,22,28H,6,13-14H2,1-5H3/t22-/m1/s1. The minimum atomic E-state index is -0.724. The Hall–Kier alpha value is -3.32. The van der Waals surface area contributed by atoms with Crippen molar-refractivity contribution >= 4 is 17.4 Å². The van der Waals surface area contributed by atoms with Gasteiger partial charge in [0.05, 0.1) is 25.8 Å². The van der Waals surface area contributed by atoms with E-state index < -0.39 is 17.7 Å². The zero-order valence-corrected chi connectivity index (χ0v) is 19.2. The van der Waals surface area contributed by atoms with E-state index in [1.54, 1.807) is 37.4 Å². The van der Waals surface area contributed by atoms with Crippen LogP contribution in [0.15, 0.2) is 48.0 Å². The van der Waals surface area contributed by atoms with E-state index in [-0.39, 0.29) is 11.3 Å². The summed E-state index contributed by atoms with van der Waals surface area (Å²) in [4.78, 5) is 29.6. The third-order valence-corrected chi connectivity index (χ3v) is 5.59. The minimum Gasteiger partial charge on any atom is -0.507 e. The molecule has 7 nitrogen and oxygen atoms in total. The highest BCUT2D eigenvalue weighted by Gasteiger charge is 2.46. The Morgan fingerprint density at radius 2 is 1.69 bits per heavy atom. The first-order chi connectivity index (χ1) is 15.3. The molecule has 0 bridgehead atoms. The summed E-state index contributed by atoms with van der Waals surface area (Å²) in [6.45, 7) is 3.09. The van der Waals surface area contributed by atoms with Crippen molar-refractivity contribution in [2.45, 2.75) is 19.4 Å². The van der Waals surface area contributed by atoms with Crippen molar-refractivity contribution in [2.24, 2.45) is 0 Å². The number of hydrogen-bond acceptors (Lipinski definition) is 6. The van der Waals surface area contributed by atoms with Crippen LogP contribution in [0.2, 0.25) is 0 Å². The van der Waals surface area contributed by atoms with Gasteiger partial charge in [0.1, 0.15) is 5.76 Å². The predicted molar refractivity (Wildman–Crippen MR) is 123 cm³/mol. The number of carbonyl (C=O) groups excluding carboxylic acids is 2. The molecule has 1 saturated heterocycles. The summed E-state index contributed by atoms with van der Waals surface area (Å²) < 4.78 is 10.8. The largest absolute Gasteiger partial charge is 0.507 e. The highest BCUT2D eigenvalue weighted by atomic mass is 16.5. The number of methoxy groups -OCH3 is 2.